The molecule has 0 heterocycles. The quantitative estimate of drug-likeness (QED) is 0.855. The van der Waals surface area contributed by atoms with E-state index < -0.39 is 0 Å². The van der Waals surface area contributed by atoms with Gasteiger partial charge in [0, 0.05) is 22.4 Å². The zero-order valence-corrected chi connectivity index (χ0v) is 11.7. The fourth-order valence-electron chi connectivity index (χ4n) is 1.62. The standard InChI is InChI=1S/C16H19NS/c1-13(2)17-12-14-8-10-16(11-9-14)18-15-6-4-3-5-7-15/h3-11,13,17H,12H2,1-2H3. The zero-order chi connectivity index (χ0) is 12.8. The Kier molecular flexibility index (Phi) is 4.85. The van der Waals surface area contributed by atoms with Crippen LogP contribution < -0.4 is 5.32 Å². The minimum absolute atomic E-state index is 0.531. The molecule has 1 N–H and O–H groups in total. The maximum atomic E-state index is 3.42. The number of rotatable bonds is 5. The van der Waals surface area contributed by atoms with Crippen molar-refractivity contribution in [1.29, 1.82) is 0 Å². The van der Waals surface area contributed by atoms with Crippen LogP contribution in [-0.4, -0.2) is 6.04 Å². The van der Waals surface area contributed by atoms with E-state index in [1.54, 1.807) is 11.8 Å². The van der Waals surface area contributed by atoms with Crippen LogP contribution in [0.15, 0.2) is 64.4 Å². The molecule has 0 unspecified atom stereocenters. The molecule has 18 heavy (non-hydrogen) atoms. The van der Waals surface area contributed by atoms with Crippen LogP contribution in [0.4, 0.5) is 0 Å². The Morgan fingerprint density at radius 2 is 1.50 bits per heavy atom. The fourth-order valence-corrected chi connectivity index (χ4v) is 2.46. The summed E-state index contributed by atoms with van der Waals surface area (Å²) >= 11 is 1.80. The maximum absolute atomic E-state index is 3.42. The molecule has 94 valence electrons. The van der Waals surface area contributed by atoms with E-state index in [2.05, 4.69) is 67.7 Å². The van der Waals surface area contributed by atoms with Crippen molar-refractivity contribution in [2.24, 2.45) is 0 Å². The lowest BCUT2D eigenvalue weighted by molar-refractivity contribution is 0.588. The molecule has 0 bridgehead atoms. The topological polar surface area (TPSA) is 12.0 Å². The minimum atomic E-state index is 0.531. The van der Waals surface area contributed by atoms with E-state index in [0.717, 1.165) is 6.54 Å². The van der Waals surface area contributed by atoms with Crippen molar-refractivity contribution >= 4 is 11.8 Å². The van der Waals surface area contributed by atoms with Crippen LogP contribution in [0.3, 0.4) is 0 Å². The van der Waals surface area contributed by atoms with Crippen molar-refractivity contribution in [3.63, 3.8) is 0 Å². The lowest BCUT2D eigenvalue weighted by atomic mass is 10.2. The smallest absolute Gasteiger partial charge is 0.0207 e. The van der Waals surface area contributed by atoms with Gasteiger partial charge in [-0.3, -0.25) is 0 Å². The third kappa shape index (κ3) is 4.21. The van der Waals surface area contributed by atoms with Gasteiger partial charge in [0.2, 0.25) is 0 Å². The van der Waals surface area contributed by atoms with Crippen molar-refractivity contribution in [3.05, 3.63) is 60.2 Å². The molecule has 2 aromatic carbocycles. The largest absolute Gasteiger partial charge is 0.310 e. The van der Waals surface area contributed by atoms with Gasteiger partial charge in [0.25, 0.3) is 0 Å². The van der Waals surface area contributed by atoms with E-state index in [-0.39, 0.29) is 0 Å². The molecule has 1 nitrogen and oxygen atoms in total. The summed E-state index contributed by atoms with van der Waals surface area (Å²) in [5, 5.41) is 3.42. The summed E-state index contributed by atoms with van der Waals surface area (Å²) in [6, 6.07) is 19.8. The highest BCUT2D eigenvalue weighted by molar-refractivity contribution is 7.99. The minimum Gasteiger partial charge on any atom is -0.310 e. The summed E-state index contributed by atoms with van der Waals surface area (Å²) in [6.07, 6.45) is 0. The van der Waals surface area contributed by atoms with Crippen LogP contribution in [0.5, 0.6) is 0 Å². The summed E-state index contributed by atoms with van der Waals surface area (Å²) in [4.78, 5) is 2.57. The average Bonchev–Trinajstić information content (AvgIpc) is 2.39. The zero-order valence-electron chi connectivity index (χ0n) is 10.9. The normalized spacial score (nSPS) is 10.8. The van der Waals surface area contributed by atoms with Crippen molar-refractivity contribution in [2.75, 3.05) is 0 Å². The fraction of sp³-hybridized carbons (Fsp3) is 0.250. The van der Waals surface area contributed by atoms with Crippen LogP contribution in [0.1, 0.15) is 19.4 Å². The molecule has 0 saturated carbocycles. The van der Waals surface area contributed by atoms with E-state index in [9.17, 15) is 0 Å². The molecule has 0 aliphatic carbocycles. The lowest BCUT2D eigenvalue weighted by Gasteiger charge is -2.08. The first kappa shape index (κ1) is 13.2. The third-order valence-corrected chi connectivity index (χ3v) is 3.63. The molecule has 0 spiro atoms. The summed E-state index contributed by atoms with van der Waals surface area (Å²) in [5.74, 6) is 0. The predicted octanol–water partition coefficient (Wildman–Crippen LogP) is 4.34. The SMILES string of the molecule is CC(C)NCc1ccc(Sc2ccccc2)cc1. The van der Waals surface area contributed by atoms with Crippen molar-refractivity contribution < 1.29 is 0 Å². The van der Waals surface area contributed by atoms with Crippen LogP contribution in [0, 0.1) is 0 Å². The van der Waals surface area contributed by atoms with Crippen molar-refractivity contribution in [1.82, 2.24) is 5.32 Å². The Balaban J connectivity index is 1.95. The first-order chi connectivity index (χ1) is 8.74. The summed E-state index contributed by atoms with van der Waals surface area (Å²) < 4.78 is 0. The van der Waals surface area contributed by atoms with Crippen LogP contribution >= 0.6 is 11.8 Å². The molecule has 0 radical (unpaired) electrons. The van der Waals surface area contributed by atoms with Gasteiger partial charge in [-0.15, -0.1) is 0 Å². The maximum Gasteiger partial charge on any atom is 0.0207 e. The monoisotopic (exact) mass is 257 g/mol. The average molecular weight is 257 g/mol. The molecular weight excluding hydrogens is 238 g/mol. The van der Waals surface area contributed by atoms with Crippen molar-refractivity contribution in [3.8, 4) is 0 Å². The summed E-state index contributed by atoms with van der Waals surface area (Å²) in [5.41, 5.74) is 1.33. The molecule has 0 aliphatic heterocycles. The first-order valence-electron chi connectivity index (χ1n) is 6.29. The summed E-state index contributed by atoms with van der Waals surface area (Å²) in [6.45, 7) is 5.27. The Hall–Kier alpha value is -1.25. The molecule has 2 rings (SSSR count). The van der Waals surface area contributed by atoms with E-state index in [4.69, 9.17) is 0 Å². The van der Waals surface area contributed by atoms with Gasteiger partial charge in [0.05, 0.1) is 0 Å². The highest BCUT2D eigenvalue weighted by Gasteiger charge is 1.98. The predicted molar refractivity (Wildman–Crippen MR) is 79.0 cm³/mol. The van der Waals surface area contributed by atoms with Crippen LogP contribution in [-0.2, 0) is 6.54 Å². The van der Waals surface area contributed by atoms with Gasteiger partial charge in [0.1, 0.15) is 0 Å². The van der Waals surface area contributed by atoms with E-state index in [1.165, 1.54) is 15.4 Å². The van der Waals surface area contributed by atoms with Gasteiger partial charge in [-0.1, -0.05) is 55.9 Å². The summed E-state index contributed by atoms with van der Waals surface area (Å²) in [7, 11) is 0. The number of hydrogen-bond donors (Lipinski definition) is 1. The van der Waals surface area contributed by atoms with Crippen LogP contribution in [0.25, 0.3) is 0 Å². The van der Waals surface area contributed by atoms with Gasteiger partial charge in [-0.25, -0.2) is 0 Å². The second-order valence-electron chi connectivity index (χ2n) is 4.59. The van der Waals surface area contributed by atoms with E-state index in [1.807, 2.05) is 6.07 Å². The first-order valence-corrected chi connectivity index (χ1v) is 7.11. The lowest BCUT2D eigenvalue weighted by Crippen LogP contribution is -2.21. The van der Waals surface area contributed by atoms with Crippen LogP contribution in [0.2, 0.25) is 0 Å². The number of benzene rings is 2. The molecule has 2 aromatic rings. The Labute approximate surface area is 114 Å². The molecule has 0 amide bonds. The number of hydrogen-bond acceptors (Lipinski definition) is 2. The molecule has 0 aromatic heterocycles. The highest BCUT2D eigenvalue weighted by Crippen LogP contribution is 2.27. The molecule has 0 aliphatic rings. The van der Waals surface area contributed by atoms with Gasteiger partial charge in [0.15, 0.2) is 0 Å². The van der Waals surface area contributed by atoms with Gasteiger partial charge in [-0.2, -0.15) is 0 Å². The van der Waals surface area contributed by atoms with E-state index >= 15 is 0 Å². The van der Waals surface area contributed by atoms with Gasteiger partial charge in [-0.05, 0) is 29.8 Å². The molecule has 0 fully saturated rings. The third-order valence-electron chi connectivity index (χ3n) is 2.62. The van der Waals surface area contributed by atoms with E-state index in [0.29, 0.717) is 6.04 Å². The Morgan fingerprint density at radius 3 is 2.11 bits per heavy atom. The molecule has 0 atom stereocenters. The van der Waals surface area contributed by atoms with Crippen molar-refractivity contribution in [2.45, 2.75) is 36.2 Å². The van der Waals surface area contributed by atoms with Gasteiger partial charge < -0.3 is 5.32 Å². The molecule has 0 saturated heterocycles. The Morgan fingerprint density at radius 1 is 0.889 bits per heavy atom. The Bertz CT molecular complexity index is 462. The molecular formula is C16H19NS. The molecule has 2 heteroatoms. The second-order valence-corrected chi connectivity index (χ2v) is 5.74. The highest BCUT2D eigenvalue weighted by atomic mass is 32.2. The number of nitrogens with one attached hydrogen (secondary N) is 1. The van der Waals surface area contributed by atoms with Gasteiger partial charge >= 0.3 is 0 Å². The second kappa shape index (κ2) is 6.62.